The van der Waals surface area contributed by atoms with Crippen LogP contribution < -0.4 is 9.80 Å². The summed E-state index contributed by atoms with van der Waals surface area (Å²) in [6.45, 7) is 0. The highest BCUT2D eigenvalue weighted by molar-refractivity contribution is 6.00. The Morgan fingerprint density at radius 1 is 0.483 bits per heavy atom. The molecular formula is C58H46N2. The molecule has 60 heavy (non-hydrogen) atoms. The van der Waals surface area contributed by atoms with Gasteiger partial charge in [0.2, 0.25) is 0 Å². The van der Waals surface area contributed by atoms with Crippen LogP contribution in [0.15, 0.2) is 224 Å². The summed E-state index contributed by atoms with van der Waals surface area (Å²) in [4.78, 5) is 5.22. The van der Waals surface area contributed by atoms with E-state index in [0.29, 0.717) is 11.8 Å². The second-order valence-corrected chi connectivity index (χ2v) is 17.0. The van der Waals surface area contributed by atoms with E-state index in [2.05, 4.69) is 228 Å². The molecular weight excluding hydrogens is 725 g/mol. The minimum absolute atomic E-state index is 0.176. The first-order valence-electron chi connectivity index (χ1n) is 21.7. The Morgan fingerprint density at radius 3 is 2.07 bits per heavy atom. The Labute approximate surface area is 353 Å². The van der Waals surface area contributed by atoms with E-state index in [1.54, 1.807) is 0 Å². The van der Waals surface area contributed by atoms with Crippen molar-refractivity contribution in [3.63, 3.8) is 0 Å². The third-order valence-corrected chi connectivity index (χ3v) is 14.0. The van der Waals surface area contributed by atoms with Crippen LogP contribution in [0.4, 0.5) is 22.7 Å². The zero-order valence-corrected chi connectivity index (χ0v) is 33.6. The van der Waals surface area contributed by atoms with Crippen molar-refractivity contribution in [1.29, 1.82) is 0 Å². The lowest BCUT2D eigenvalue weighted by atomic mass is 9.68. The molecule has 5 unspecified atom stereocenters. The van der Waals surface area contributed by atoms with E-state index in [4.69, 9.17) is 0 Å². The van der Waals surface area contributed by atoms with Gasteiger partial charge in [-0.05, 0) is 118 Å². The van der Waals surface area contributed by atoms with E-state index in [9.17, 15) is 0 Å². The Kier molecular flexibility index (Phi) is 8.27. The van der Waals surface area contributed by atoms with Crippen LogP contribution in [-0.2, 0) is 5.41 Å². The van der Waals surface area contributed by atoms with Crippen molar-refractivity contribution in [2.45, 2.75) is 36.8 Å². The van der Waals surface area contributed by atoms with Crippen molar-refractivity contribution in [3.05, 3.63) is 246 Å². The monoisotopic (exact) mass is 770 g/mol. The Hall–Kier alpha value is -6.90. The van der Waals surface area contributed by atoms with E-state index in [1.165, 1.54) is 78.0 Å². The van der Waals surface area contributed by atoms with Crippen LogP contribution in [0, 0.1) is 11.8 Å². The number of anilines is 4. The van der Waals surface area contributed by atoms with Crippen LogP contribution in [0.25, 0.3) is 27.5 Å². The molecule has 12 rings (SSSR count). The smallest absolute Gasteiger partial charge is 0.0692 e. The van der Waals surface area contributed by atoms with Gasteiger partial charge in [0.05, 0.1) is 17.5 Å². The Balaban J connectivity index is 1.11. The Bertz CT molecular complexity index is 2950. The predicted molar refractivity (Wildman–Crippen MR) is 252 cm³/mol. The number of nitrogens with zero attached hydrogens (tertiary/aromatic N) is 2. The summed E-state index contributed by atoms with van der Waals surface area (Å²) in [5.41, 5.74) is 15.4. The van der Waals surface area contributed by atoms with Gasteiger partial charge in [-0.15, -0.1) is 0 Å². The van der Waals surface area contributed by atoms with Crippen molar-refractivity contribution in [2.75, 3.05) is 9.80 Å². The van der Waals surface area contributed by atoms with Crippen molar-refractivity contribution >= 4 is 39.1 Å². The number of benzene rings is 6. The molecule has 0 aliphatic heterocycles. The molecule has 2 heteroatoms. The predicted octanol–water partition coefficient (Wildman–Crippen LogP) is 14.3. The van der Waals surface area contributed by atoms with Gasteiger partial charge >= 0.3 is 0 Å². The highest BCUT2D eigenvalue weighted by Gasteiger charge is 2.53. The van der Waals surface area contributed by atoms with Gasteiger partial charge < -0.3 is 9.80 Å². The van der Waals surface area contributed by atoms with E-state index < -0.39 is 5.41 Å². The SMILES string of the molecule is C1=CCC2=C(C=C1)c1ccccc1C21c2cc(N(c3cccc4ccccc34)C3C=CC=CC3)ccc2-c2ccc(N(c3ccccc3)C3C=CCC4C=CC=CC43)cc21. The molecule has 0 amide bonds. The van der Waals surface area contributed by atoms with Crippen LogP contribution in [-0.4, -0.2) is 12.1 Å². The number of hydrogen-bond donors (Lipinski definition) is 0. The Morgan fingerprint density at radius 2 is 1.22 bits per heavy atom. The number of fused-ring (bicyclic) bond motifs is 11. The second kappa shape index (κ2) is 14.1. The molecule has 6 aromatic carbocycles. The fourth-order valence-electron chi connectivity index (χ4n) is 11.5. The molecule has 0 radical (unpaired) electrons. The fraction of sp³-hybridized carbons (Fsp3) is 0.138. The lowest BCUT2D eigenvalue weighted by molar-refractivity contribution is 0.412. The lowest BCUT2D eigenvalue weighted by Gasteiger charge is -2.42. The first-order valence-corrected chi connectivity index (χ1v) is 21.7. The molecule has 0 aromatic heterocycles. The molecule has 6 aliphatic carbocycles. The maximum Gasteiger partial charge on any atom is 0.0692 e. The number of allylic oxidation sites excluding steroid dienone is 12. The molecule has 0 bridgehead atoms. The number of para-hydroxylation sites is 1. The van der Waals surface area contributed by atoms with Crippen LogP contribution in [0.3, 0.4) is 0 Å². The second-order valence-electron chi connectivity index (χ2n) is 17.0. The average Bonchev–Trinajstić information content (AvgIpc) is 3.60. The van der Waals surface area contributed by atoms with Gasteiger partial charge in [0.25, 0.3) is 0 Å². The molecule has 0 saturated carbocycles. The van der Waals surface area contributed by atoms with Crippen LogP contribution in [0.1, 0.15) is 41.5 Å². The van der Waals surface area contributed by atoms with Gasteiger partial charge in [-0.3, -0.25) is 0 Å². The molecule has 6 aliphatic rings. The highest BCUT2D eigenvalue weighted by atomic mass is 15.2. The van der Waals surface area contributed by atoms with Gasteiger partial charge in [-0.2, -0.15) is 0 Å². The number of hydrogen-bond acceptors (Lipinski definition) is 2. The fourth-order valence-corrected chi connectivity index (χ4v) is 11.5. The molecule has 1 spiro atoms. The first-order chi connectivity index (χ1) is 29.8. The van der Waals surface area contributed by atoms with Gasteiger partial charge in [0.1, 0.15) is 0 Å². The third kappa shape index (κ3) is 5.26. The van der Waals surface area contributed by atoms with Crippen molar-refractivity contribution in [3.8, 4) is 11.1 Å². The maximum atomic E-state index is 2.62. The lowest BCUT2D eigenvalue weighted by Crippen LogP contribution is -2.40. The average molecular weight is 771 g/mol. The zero-order valence-electron chi connectivity index (χ0n) is 33.6. The normalized spacial score (nSPS) is 23.7. The van der Waals surface area contributed by atoms with Crippen LogP contribution in [0.2, 0.25) is 0 Å². The van der Waals surface area contributed by atoms with Crippen molar-refractivity contribution in [1.82, 2.24) is 0 Å². The summed E-state index contributed by atoms with van der Waals surface area (Å²) in [7, 11) is 0. The topological polar surface area (TPSA) is 6.48 Å². The van der Waals surface area contributed by atoms with Crippen LogP contribution in [0.5, 0.6) is 0 Å². The van der Waals surface area contributed by atoms with E-state index >= 15 is 0 Å². The van der Waals surface area contributed by atoms with E-state index in [0.717, 1.165) is 19.3 Å². The summed E-state index contributed by atoms with van der Waals surface area (Å²) >= 11 is 0. The van der Waals surface area contributed by atoms with Crippen molar-refractivity contribution < 1.29 is 0 Å². The minimum atomic E-state index is -0.477. The molecule has 2 nitrogen and oxygen atoms in total. The van der Waals surface area contributed by atoms with Gasteiger partial charge in [0, 0.05) is 34.1 Å². The molecule has 0 saturated heterocycles. The number of rotatable bonds is 6. The molecule has 5 atom stereocenters. The zero-order chi connectivity index (χ0) is 39.6. The summed E-state index contributed by atoms with van der Waals surface area (Å²) in [5.74, 6) is 0.863. The first kappa shape index (κ1) is 35.1. The molecule has 0 N–H and O–H groups in total. The standard InChI is InChI=1S/C58H46N2/c1-4-22-42(23-5-1)59(56-32-16-20-40-18-10-12-26-46(40)56)44-34-36-50-51-37-35-45(60(43-24-6-2-7-25-43)57-33-17-21-41-19-11-13-27-47(41)57)39-55(51)58(54(50)38-44)52-30-9-3-8-28-48(52)49-29-14-15-31-53(49)58/h1-20,22,24-29,31-39,41-42,47,57H,21,23,30H2. The maximum absolute atomic E-state index is 2.62. The van der Waals surface area contributed by atoms with Gasteiger partial charge in [-0.25, -0.2) is 0 Å². The van der Waals surface area contributed by atoms with Crippen molar-refractivity contribution in [2.24, 2.45) is 11.8 Å². The summed E-state index contributed by atoms with van der Waals surface area (Å²) < 4.78 is 0. The van der Waals surface area contributed by atoms with E-state index in [-0.39, 0.29) is 12.1 Å². The summed E-state index contributed by atoms with van der Waals surface area (Å²) in [5, 5.41) is 2.52. The summed E-state index contributed by atoms with van der Waals surface area (Å²) in [6.07, 6.45) is 35.4. The van der Waals surface area contributed by atoms with Gasteiger partial charge in [-0.1, -0.05) is 176 Å². The molecule has 288 valence electrons. The quantitative estimate of drug-likeness (QED) is 0.156. The third-order valence-electron chi connectivity index (χ3n) is 14.0. The minimum Gasteiger partial charge on any atom is -0.334 e. The summed E-state index contributed by atoms with van der Waals surface area (Å²) in [6, 6.07) is 51.1. The van der Waals surface area contributed by atoms with Gasteiger partial charge in [0.15, 0.2) is 0 Å². The van der Waals surface area contributed by atoms with E-state index in [1.807, 2.05) is 0 Å². The van der Waals surface area contributed by atoms with Crippen LogP contribution >= 0.6 is 0 Å². The molecule has 0 heterocycles. The largest absolute Gasteiger partial charge is 0.334 e. The molecule has 0 fully saturated rings. The highest BCUT2D eigenvalue weighted by Crippen LogP contribution is 2.64. The molecule has 6 aromatic rings.